The van der Waals surface area contributed by atoms with Gasteiger partial charge in [0.15, 0.2) is 0 Å². The number of ether oxygens (including phenoxy) is 3. The maximum atomic E-state index is 12.8. The summed E-state index contributed by atoms with van der Waals surface area (Å²) in [6.07, 6.45) is 6.51. The Morgan fingerprint density at radius 3 is 2.51 bits per heavy atom. The average molecular weight is 497 g/mol. The topological polar surface area (TPSA) is 57.8 Å². The molecule has 6 nitrogen and oxygen atoms in total. The van der Waals surface area contributed by atoms with Crippen LogP contribution in [0.3, 0.4) is 0 Å². The Kier molecular flexibility index (Phi) is 7.18. The van der Waals surface area contributed by atoms with Gasteiger partial charge in [-0.2, -0.15) is 0 Å². The fourth-order valence-corrected chi connectivity index (χ4v) is 6.84. The first kappa shape index (κ1) is 25.4. The van der Waals surface area contributed by atoms with Crippen LogP contribution in [0.15, 0.2) is 11.6 Å². The second-order valence-electron chi connectivity index (χ2n) is 12.1. The van der Waals surface area contributed by atoms with E-state index in [2.05, 4.69) is 26.8 Å². The Hall–Kier alpha value is -1.25. The summed E-state index contributed by atoms with van der Waals surface area (Å²) in [5, 5.41) is 0. The summed E-state index contributed by atoms with van der Waals surface area (Å²) in [4.78, 5) is 16.5. The average Bonchev–Trinajstić information content (AvgIpc) is 3.68. The summed E-state index contributed by atoms with van der Waals surface area (Å²) in [5.74, 6) is 1.35. The van der Waals surface area contributed by atoms with Gasteiger partial charge in [-0.1, -0.05) is 11.6 Å². The Labute approximate surface area is 208 Å². The molecule has 0 aromatic carbocycles. The quantitative estimate of drug-likeness (QED) is 0.354. The molecule has 5 fully saturated rings. The lowest BCUT2D eigenvalue weighted by molar-refractivity contribution is -0.0248. The van der Waals surface area contributed by atoms with Crippen LogP contribution in [0.2, 0.25) is 0 Å². The van der Waals surface area contributed by atoms with Crippen LogP contribution in [0.4, 0.5) is 13.6 Å². The predicted octanol–water partition coefficient (Wildman–Crippen LogP) is 4.87. The smallest absolute Gasteiger partial charge is 0.410 e. The lowest BCUT2D eigenvalue weighted by atomic mass is 9.70. The number of halogens is 2. The molecule has 4 aliphatic heterocycles. The molecule has 1 spiro atoms. The SMILES string of the molecule is CC(C)=CC[C@H]1O[C@]1(C)C1CC(OC(=O)N2CC(CC3CCN(CC(F)F)CC3)C2)CCC12CO2. The van der Waals surface area contributed by atoms with Crippen molar-refractivity contribution in [2.75, 3.05) is 39.3 Å². The van der Waals surface area contributed by atoms with Gasteiger partial charge in [0, 0.05) is 19.0 Å². The first-order valence-electron chi connectivity index (χ1n) is 13.6. The van der Waals surface area contributed by atoms with E-state index >= 15 is 0 Å². The lowest BCUT2D eigenvalue weighted by Gasteiger charge is -2.43. The van der Waals surface area contributed by atoms with Gasteiger partial charge >= 0.3 is 6.09 Å². The van der Waals surface area contributed by atoms with E-state index in [9.17, 15) is 13.6 Å². The number of amides is 1. The van der Waals surface area contributed by atoms with Crippen LogP contribution in [0.25, 0.3) is 0 Å². The molecule has 0 radical (unpaired) electrons. The number of nitrogens with zero attached hydrogens (tertiary/aromatic N) is 2. The largest absolute Gasteiger partial charge is 0.446 e. The molecule has 5 rings (SSSR count). The van der Waals surface area contributed by atoms with Gasteiger partial charge in [-0.05, 0) is 90.6 Å². The molecule has 0 aromatic heterocycles. The summed E-state index contributed by atoms with van der Waals surface area (Å²) in [6.45, 7) is 10.2. The zero-order chi connectivity index (χ0) is 24.8. The maximum absolute atomic E-state index is 12.8. The van der Waals surface area contributed by atoms with Crippen molar-refractivity contribution >= 4 is 6.09 Å². The Bertz CT molecular complexity index is 801. The molecule has 198 valence electrons. The Morgan fingerprint density at radius 1 is 1.17 bits per heavy atom. The highest BCUT2D eigenvalue weighted by Crippen LogP contribution is 2.59. The number of rotatable bonds is 8. The minimum Gasteiger partial charge on any atom is -0.446 e. The molecule has 35 heavy (non-hydrogen) atoms. The van der Waals surface area contributed by atoms with Crippen molar-refractivity contribution in [1.29, 1.82) is 0 Å². The fraction of sp³-hybridized carbons (Fsp3) is 0.889. The molecular formula is C27H42F2N2O4. The van der Waals surface area contributed by atoms with Gasteiger partial charge in [0.05, 0.1) is 30.5 Å². The number of hydrogen-bond donors (Lipinski definition) is 0. The van der Waals surface area contributed by atoms with Crippen LogP contribution in [-0.2, 0) is 14.2 Å². The number of alkyl halides is 2. The van der Waals surface area contributed by atoms with Crippen molar-refractivity contribution in [1.82, 2.24) is 9.80 Å². The monoisotopic (exact) mass is 496 g/mol. The third-order valence-corrected chi connectivity index (χ3v) is 9.20. The molecule has 5 aliphatic rings. The van der Waals surface area contributed by atoms with E-state index < -0.39 is 6.43 Å². The number of hydrogen-bond acceptors (Lipinski definition) is 5. The summed E-state index contributed by atoms with van der Waals surface area (Å²) in [5.41, 5.74) is 1.03. The maximum Gasteiger partial charge on any atom is 0.410 e. The summed E-state index contributed by atoms with van der Waals surface area (Å²) < 4.78 is 43.3. The van der Waals surface area contributed by atoms with Gasteiger partial charge in [-0.3, -0.25) is 4.90 Å². The molecule has 0 bridgehead atoms. The van der Waals surface area contributed by atoms with Gasteiger partial charge in [0.25, 0.3) is 6.43 Å². The zero-order valence-corrected chi connectivity index (χ0v) is 21.5. The normalized spacial score (nSPS) is 37.9. The highest BCUT2D eigenvalue weighted by atomic mass is 19.3. The second kappa shape index (κ2) is 9.90. The van der Waals surface area contributed by atoms with E-state index in [1.807, 2.05) is 9.80 Å². The van der Waals surface area contributed by atoms with Gasteiger partial charge in [0.2, 0.25) is 0 Å². The van der Waals surface area contributed by atoms with Gasteiger partial charge in [0.1, 0.15) is 6.10 Å². The van der Waals surface area contributed by atoms with Crippen molar-refractivity contribution in [2.45, 2.75) is 95.6 Å². The Morgan fingerprint density at radius 2 is 1.89 bits per heavy atom. The molecule has 1 saturated carbocycles. The van der Waals surface area contributed by atoms with Crippen molar-refractivity contribution in [3.63, 3.8) is 0 Å². The number of likely N-dealkylation sites (tertiary alicyclic amines) is 2. The number of carbonyl (C=O) groups is 1. The molecule has 1 amide bonds. The third kappa shape index (κ3) is 5.69. The van der Waals surface area contributed by atoms with Crippen molar-refractivity contribution in [2.24, 2.45) is 17.8 Å². The minimum absolute atomic E-state index is 0.0781. The van der Waals surface area contributed by atoms with Crippen LogP contribution in [0.5, 0.6) is 0 Å². The van der Waals surface area contributed by atoms with E-state index in [-0.39, 0.29) is 42.0 Å². The van der Waals surface area contributed by atoms with Gasteiger partial charge < -0.3 is 19.1 Å². The lowest BCUT2D eigenvalue weighted by Crippen LogP contribution is -2.52. The van der Waals surface area contributed by atoms with E-state index in [1.54, 1.807) is 0 Å². The molecule has 4 saturated heterocycles. The number of piperidine rings is 1. The predicted molar refractivity (Wildman–Crippen MR) is 128 cm³/mol. The van der Waals surface area contributed by atoms with Crippen molar-refractivity contribution in [3.8, 4) is 0 Å². The first-order chi connectivity index (χ1) is 16.7. The molecule has 5 atom stereocenters. The summed E-state index contributed by atoms with van der Waals surface area (Å²) in [7, 11) is 0. The molecular weight excluding hydrogens is 454 g/mol. The van der Waals surface area contributed by atoms with Crippen LogP contribution < -0.4 is 0 Å². The molecule has 8 heteroatoms. The zero-order valence-electron chi connectivity index (χ0n) is 21.5. The Balaban J connectivity index is 1.04. The van der Waals surface area contributed by atoms with Crippen molar-refractivity contribution < 1.29 is 27.8 Å². The number of carbonyl (C=O) groups excluding carboxylic acids is 1. The van der Waals surface area contributed by atoms with E-state index in [0.29, 0.717) is 11.8 Å². The fourth-order valence-electron chi connectivity index (χ4n) is 6.84. The first-order valence-corrected chi connectivity index (χ1v) is 13.6. The highest BCUT2D eigenvalue weighted by Gasteiger charge is 2.68. The van der Waals surface area contributed by atoms with Crippen LogP contribution in [0.1, 0.15) is 65.7 Å². The molecule has 0 aromatic rings. The third-order valence-electron chi connectivity index (χ3n) is 9.20. The number of epoxide rings is 2. The van der Waals surface area contributed by atoms with Gasteiger partial charge in [-0.25, -0.2) is 13.6 Å². The molecule has 1 aliphatic carbocycles. The van der Waals surface area contributed by atoms with Crippen LogP contribution in [0, 0.1) is 17.8 Å². The molecule has 3 unspecified atom stereocenters. The standard InChI is InChI=1S/C27H42F2N2O4/c1-18(2)4-5-23-26(3,35-23)22-13-21(6-9-27(22)17-33-27)34-25(32)31-14-20(15-31)12-19-7-10-30(11-8-19)16-24(28)29/h4,19-24H,5-17H2,1-3H3/t21?,22?,23-,26-,27?/m1/s1. The van der Waals surface area contributed by atoms with E-state index in [4.69, 9.17) is 14.2 Å². The molecule has 4 heterocycles. The highest BCUT2D eigenvalue weighted by molar-refractivity contribution is 5.68. The van der Waals surface area contributed by atoms with E-state index in [0.717, 1.165) is 77.7 Å². The molecule has 0 N–H and O–H groups in total. The van der Waals surface area contributed by atoms with Crippen LogP contribution in [-0.4, -0.2) is 85.1 Å². The summed E-state index contributed by atoms with van der Waals surface area (Å²) >= 11 is 0. The summed E-state index contributed by atoms with van der Waals surface area (Å²) in [6, 6.07) is 0. The van der Waals surface area contributed by atoms with Gasteiger partial charge in [-0.15, -0.1) is 0 Å². The van der Waals surface area contributed by atoms with E-state index in [1.165, 1.54) is 5.57 Å². The van der Waals surface area contributed by atoms with Crippen molar-refractivity contribution in [3.05, 3.63) is 11.6 Å². The van der Waals surface area contributed by atoms with Crippen LogP contribution >= 0.6 is 0 Å². The minimum atomic E-state index is -2.25. The number of allylic oxidation sites excluding steroid dienone is 1. The second-order valence-corrected chi connectivity index (χ2v) is 12.1.